The summed E-state index contributed by atoms with van der Waals surface area (Å²) < 4.78 is 42.4. The van der Waals surface area contributed by atoms with Crippen molar-refractivity contribution in [2.45, 2.75) is 6.18 Å². The van der Waals surface area contributed by atoms with E-state index in [9.17, 15) is 18.0 Å². The number of carboxylic acid groups (broad SMARTS) is 1. The van der Waals surface area contributed by atoms with Crippen molar-refractivity contribution in [2.24, 2.45) is 0 Å². The van der Waals surface area contributed by atoms with Gasteiger partial charge in [-0.25, -0.2) is 4.79 Å². The first kappa shape index (κ1) is 13.9. The molecule has 0 atom stereocenters. The molecule has 0 aliphatic carbocycles. The van der Waals surface area contributed by atoms with Gasteiger partial charge in [-0.1, -0.05) is 12.1 Å². The smallest absolute Gasteiger partial charge is 0.416 e. The Balaban J connectivity index is 2.22. The van der Waals surface area contributed by atoms with E-state index >= 15 is 0 Å². The van der Waals surface area contributed by atoms with Crippen LogP contribution in [-0.4, -0.2) is 11.1 Å². The number of carboxylic acids is 1. The zero-order chi connectivity index (χ0) is 14.8. The SMILES string of the molecule is O=C(O)/C=C/c1cc(-c2ccc(C(F)(F)F)cc2)co1. The van der Waals surface area contributed by atoms with E-state index in [0.29, 0.717) is 16.9 Å². The van der Waals surface area contributed by atoms with Gasteiger partial charge in [0.05, 0.1) is 11.8 Å². The van der Waals surface area contributed by atoms with Crippen LogP contribution in [0.15, 0.2) is 47.1 Å². The van der Waals surface area contributed by atoms with Crippen molar-refractivity contribution in [2.75, 3.05) is 0 Å². The lowest BCUT2D eigenvalue weighted by atomic mass is 10.1. The molecule has 2 aromatic rings. The summed E-state index contributed by atoms with van der Waals surface area (Å²) in [5, 5.41) is 8.47. The molecule has 1 N–H and O–H groups in total. The Bertz CT molecular complexity index is 636. The van der Waals surface area contributed by atoms with E-state index in [1.165, 1.54) is 24.5 Å². The number of aliphatic carboxylic acids is 1. The predicted molar refractivity (Wildman–Crippen MR) is 65.8 cm³/mol. The van der Waals surface area contributed by atoms with Crippen LogP contribution in [0, 0.1) is 0 Å². The highest BCUT2D eigenvalue weighted by Gasteiger charge is 2.29. The van der Waals surface area contributed by atoms with Gasteiger partial charge in [0.1, 0.15) is 5.76 Å². The van der Waals surface area contributed by atoms with E-state index in [0.717, 1.165) is 18.2 Å². The molecule has 1 heterocycles. The standard InChI is InChI=1S/C14H9F3O3/c15-14(16,17)11-3-1-9(2-4-11)10-7-12(20-8-10)5-6-13(18)19/h1-8H,(H,18,19)/b6-5+. The van der Waals surface area contributed by atoms with Crippen LogP contribution in [0.25, 0.3) is 17.2 Å². The lowest BCUT2D eigenvalue weighted by Crippen LogP contribution is -2.03. The highest BCUT2D eigenvalue weighted by atomic mass is 19.4. The van der Waals surface area contributed by atoms with Crippen molar-refractivity contribution < 1.29 is 27.5 Å². The summed E-state index contributed by atoms with van der Waals surface area (Å²) >= 11 is 0. The summed E-state index contributed by atoms with van der Waals surface area (Å²) in [7, 11) is 0. The van der Waals surface area contributed by atoms with Crippen LogP contribution in [-0.2, 0) is 11.0 Å². The monoisotopic (exact) mass is 282 g/mol. The normalized spacial score (nSPS) is 11.9. The number of carbonyl (C=O) groups is 1. The summed E-state index contributed by atoms with van der Waals surface area (Å²) in [6.07, 6.45) is -0.848. The van der Waals surface area contributed by atoms with Crippen LogP contribution in [0.1, 0.15) is 11.3 Å². The summed E-state index contributed by atoms with van der Waals surface area (Å²) in [5.74, 6) is -0.806. The molecule has 0 aliphatic heterocycles. The van der Waals surface area contributed by atoms with Crippen LogP contribution in [0.4, 0.5) is 13.2 Å². The predicted octanol–water partition coefficient (Wildman–Crippen LogP) is 4.06. The Morgan fingerprint density at radius 3 is 2.35 bits per heavy atom. The Labute approximate surface area is 112 Å². The zero-order valence-electron chi connectivity index (χ0n) is 10.0. The molecule has 1 aromatic carbocycles. The van der Waals surface area contributed by atoms with Gasteiger partial charge >= 0.3 is 12.1 Å². The Morgan fingerprint density at radius 1 is 1.15 bits per heavy atom. The summed E-state index contributed by atoms with van der Waals surface area (Å²) in [6, 6.07) is 6.17. The van der Waals surface area contributed by atoms with Crippen molar-refractivity contribution in [3.05, 3.63) is 54.0 Å². The fourth-order valence-corrected chi connectivity index (χ4v) is 1.60. The first-order chi connectivity index (χ1) is 9.36. The molecule has 0 saturated carbocycles. The number of furan rings is 1. The molecule has 0 fully saturated rings. The lowest BCUT2D eigenvalue weighted by Gasteiger charge is -2.06. The Hall–Kier alpha value is -2.50. The molecule has 0 unspecified atom stereocenters. The van der Waals surface area contributed by atoms with Crippen LogP contribution in [0.3, 0.4) is 0 Å². The third kappa shape index (κ3) is 3.28. The highest BCUT2D eigenvalue weighted by Crippen LogP contribution is 2.31. The lowest BCUT2D eigenvalue weighted by molar-refractivity contribution is -0.137. The first-order valence-corrected chi connectivity index (χ1v) is 5.53. The molecular formula is C14H9F3O3. The summed E-state index contributed by atoms with van der Waals surface area (Å²) in [5.41, 5.74) is 0.399. The molecule has 0 amide bonds. The third-order valence-corrected chi connectivity index (χ3v) is 2.56. The number of alkyl halides is 3. The molecule has 0 spiro atoms. The maximum atomic E-state index is 12.4. The molecule has 104 valence electrons. The minimum absolute atomic E-state index is 0.308. The zero-order valence-corrected chi connectivity index (χ0v) is 10.0. The van der Waals surface area contributed by atoms with Crippen LogP contribution in [0.5, 0.6) is 0 Å². The second-order valence-corrected chi connectivity index (χ2v) is 3.98. The second kappa shape index (κ2) is 5.24. The molecular weight excluding hydrogens is 273 g/mol. The van der Waals surface area contributed by atoms with E-state index in [4.69, 9.17) is 9.52 Å². The third-order valence-electron chi connectivity index (χ3n) is 2.56. The number of hydrogen-bond acceptors (Lipinski definition) is 2. The number of hydrogen-bond donors (Lipinski definition) is 1. The quantitative estimate of drug-likeness (QED) is 0.863. The maximum absolute atomic E-state index is 12.4. The van der Waals surface area contributed by atoms with Crippen LogP contribution >= 0.6 is 0 Å². The average Bonchev–Trinajstić information content (AvgIpc) is 2.84. The van der Waals surface area contributed by atoms with Gasteiger partial charge in [-0.2, -0.15) is 13.2 Å². The fraction of sp³-hybridized carbons (Fsp3) is 0.0714. The molecule has 1 aromatic heterocycles. The van der Waals surface area contributed by atoms with Crippen molar-refractivity contribution in [1.82, 2.24) is 0 Å². The summed E-state index contributed by atoms with van der Waals surface area (Å²) in [6.45, 7) is 0. The topological polar surface area (TPSA) is 50.4 Å². The fourth-order valence-electron chi connectivity index (χ4n) is 1.60. The Kier molecular flexibility index (Phi) is 3.65. The van der Waals surface area contributed by atoms with E-state index in [1.807, 2.05) is 0 Å². The van der Waals surface area contributed by atoms with Crippen LogP contribution < -0.4 is 0 Å². The van der Waals surface area contributed by atoms with Crippen molar-refractivity contribution >= 4 is 12.0 Å². The van der Waals surface area contributed by atoms with Gasteiger partial charge < -0.3 is 9.52 Å². The number of benzene rings is 1. The molecule has 0 radical (unpaired) electrons. The average molecular weight is 282 g/mol. The van der Waals surface area contributed by atoms with Gasteiger partial charge in [0, 0.05) is 11.6 Å². The number of rotatable bonds is 3. The second-order valence-electron chi connectivity index (χ2n) is 3.98. The highest BCUT2D eigenvalue weighted by molar-refractivity contribution is 5.85. The first-order valence-electron chi connectivity index (χ1n) is 5.53. The van der Waals surface area contributed by atoms with Gasteiger partial charge in [0.2, 0.25) is 0 Å². The van der Waals surface area contributed by atoms with E-state index < -0.39 is 17.7 Å². The van der Waals surface area contributed by atoms with Gasteiger partial charge in [-0.05, 0) is 29.8 Å². The number of halogens is 3. The van der Waals surface area contributed by atoms with E-state index in [-0.39, 0.29) is 0 Å². The van der Waals surface area contributed by atoms with Gasteiger partial charge in [0.15, 0.2) is 0 Å². The van der Waals surface area contributed by atoms with Crippen molar-refractivity contribution in [1.29, 1.82) is 0 Å². The molecule has 20 heavy (non-hydrogen) atoms. The van der Waals surface area contributed by atoms with E-state index in [2.05, 4.69) is 0 Å². The minimum Gasteiger partial charge on any atom is -0.478 e. The molecule has 6 heteroatoms. The minimum atomic E-state index is -4.37. The van der Waals surface area contributed by atoms with Crippen molar-refractivity contribution in [3.8, 4) is 11.1 Å². The molecule has 2 rings (SSSR count). The maximum Gasteiger partial charge on any atom is 0.416 e. The molecule has 3 nitrogen and oxygen atoms in total. The van der Waals surface area contributed by atoms with Crippen molar-refractivity contribution in [3.63, 3.8) is 0 Å². The molecule has 0 aliphatic rings. The Morgan fingerprint density at radius 2 is 1.80 bits per heavy atom. The van der Waals surface area contributed by atoms with Crippen LogP contribution in [0.2, 0.25) is 0 Å². The van der Waals surface area contributed by atoms with Gasteiger partial charge in [-0.15, -0.1) is 0 Å². The van der Waals surface area contributed by atoms with E-state index in [1.54, 1.807) is 6.07 Å². The molecule has 0 bridgehead atoms. The van der Waals surface area contributed by atoms with Gasteiger partial charge in [0.25, 0.3) is 0 Å². The van der Waals surface area contributed by atoms with Gasteiger partial charge in [-0.3, -0.25) is 0 Å². The largest absolute Gasteiger partial charge is 0.478 e. The summed E-state index contributed by atoms with van der Waals surface area (Å²) in [4.78, 5) is 10.3. The molecule has 0 saturated heterocycles.